The molecule has 0 spiro atoms. The van der Waals surface area contributed by atoms with Gasteiger partial charge < -0.3 is 19.3 Å². The van der Waals surface area contributed by atoms with E-state index < -0.39 is 11.4 Å². The summed E-state index contributed by atoms with van der Waals surface area (Å²) in [5.74, 6) is -1.11. The lowest BCUT2D eigenvalue weighted by Crippen LogP contribution is -2.56. The van der Waals surface area contributed by atoms with Crippen LogP contribution in [0.15, 0.2) is 30.3 Å². The minimum Gasteiger partial charge on any atom is -0.384 e. The molecule has 3 rings (SSSR count). The zero-order valence-electron chi connectivity index (χ0n) is 15.3. The van der Waals surface area contributed by atoms with Gasteiger partial charge in [0.2, 0.25) is 5.79 Å². The van der Waals surface area contributed by atoms with E-state index in [4.69, 9.17) is 14.2 Å². The molecule has 1 aromatic rings. The highest BCUT2D eigenvalue weighted by Gasteiger charge is 2.53. The summed E-state index contributed by atoms with van der Waals surface area (Å²) in [5, 5.41) is 11.5. The van der Waals surface area contributed by atoms with Gasteiger partial charge in [-0.15, -0.1) is 0 Å². The minimum absolute atomic E-state index is 0.519. The van der Waals surface area contributed by atoms with Crippen LogP contribution < -0.4 is 0 Å². The highest BCUT2D eigenvalue weighted by atomic mass is 16.7. The Morgan fingerprint density at radius 3 is 2.44 bits per heavy atom. The summed E-state index contributed by atoms with van der Waals surface area (Å²) in [6.45, 7) is 4.75. The average Bonchev–Trinajstić information content (AvgIpc) is 2.67. The van der Waals surface area contributed by atoms with E-state index in [0.717, 1.165) is 57.7 Å². The Hall–Kier alpha value is -0.980. The first-order valence-corrected chi connectivity index (χ1v) is 9.47. The molecular weight excluding hydrogens is 318 g/mol. The third-order valence-corrected chi connectivity index (χ3v) is 5.55. The molecule has 140 valence electrons. The van der Waals surface area contributed by atoms with Crippen molar-refractivity contribution in [2.75, 3.05) is 46.6 Å². The number of methoxy groups -OCH3 is 1. The summed E-state index contributed by atoms with van der Waals surface area (Å²) < 4.78 is 17.7. The van der Waals surface area contributed by atoms with Crippen LogP contribution in [-0.4, -0.2) is 62.2 Å². The van der Waals surface area contributed by atoms with E-state index in [0.29, 0.717) is 19.4 Å². The molecule has 1 saturated carbocycles. The highest BCUT2D eigenvalue weighted by molar-refractivity contribution is 5.24. The second-order valence-electron chi connectivity index (χ2n) is 7.08. The van der Waals surface area contributed by atoms with E-state index in [1.54, 1.807) is 7.11 Å². The van der Waals surface area contributed by atoms with Crippen LogP contribution in [0.4, 0.5) is 0 Å². The van der Waals surface area contributed by atoms with E-state index in [1.165, 1.54) is 0 Å². The molecule has 5 heteroatoms. The first-order valence-electron chi connectivity index (χ1n) is 9.47. The number of hydrogen-bond donors (Lipinski definition) is 1. The number of hydrogen-bond acceptors (Lipinski definition) is 5. The van der Waals surface area contributed by atoms with Crippen molar-refractivity contribution in [1.82, 2.24) is 4.90 Å². The lowest BCUT2D eigenvalue weighted by molar-refractivity contribution is -0.330. The van der Waals surface area contributed by atoms with Crippen LogP contribution in [0, 0.1) is 0 Å². The summed E-state index contributed by atoms with van der Waals surface area (Å²) in [7, 11) is 1.65. The van der Waals surface area contributed by atoms with Gasteiger partial charge in [0.25, 0.3) is 0 Å². The van der Waals surface area contributed by atoms with Gasteiger partial charge in [0.05, 0.1) is 19.8 Å². The monoisotopic (exact) mass is 349 g/mol. The van der Waals surface area contributed by atoms with Crippen LogP contribution in [0.1, 0.15) is 37.7 Å². The van der Waals surface area contributed by atoms with Crippen LogP contribution in [0.3, 0.4) is 0 Å². The Morgan fingerprint density at radius 1 is 1.12 bits per heavy atom. The van der Waals surface area contributed by atoms with Crippen molar-refractivity contribution in [3.05, 3.63) is 35.9 Å². The number of morpholine rings is 1. The van der Waals surface area contributed by atoms with Crippen molar-refractivity contribution in [2.24, 2.45) is 0 Å². The predicted octanol–water partition coefficient (Wildman–Crippen LogP) is 2.53. The SMILES string of the molecule is COC(OCCN1CCOCC1)(c1ccccc1)C1(O)CCCCC1. The molecular formula is C20H31NO4. The van der Waals surface area contributed by atoms with E-state index in [1.807, 2.05) is 30.3 Å². The largest absolute Gasteiger partial charge is 0.384 e. The summed E-state index contributed by atoms with van der Waals surface area (Å²) >= 11 is 0. The van der Waals surface area contributed by atoms with Gasteiger partial charge in [0.1, 0.15) is 5.60 Å². The number of benzene rings is 1. The van der Waals surface area contributed by atoms with Crippen molar-refractivity contribution < 1.29 is 19.3 Å². The number of aliphatic hydroxyl groups is 1. The fraction of sp³-hybridized carbons (Fsp3) is 0.700. The number of nitrogens with zero attached hydrogens (tertiary/aromatic N) is 1. The third kappa shape index (κ3) is 4.07. The van der Waals surface area contributed by atoms with Crippen LogP contribution >= 0.6 is 0 Å². The number of rotatable bonds is 7. The van der Waals surface area contributed by atoms with Crippen LogP contribution in [-0.2, 0) is 20.0 Å². The quantitative estimate of drug-likeness (QED) is 0.767. The maximum Gasteiger partial charge on any atom is 0.224 e. The van der Waals surface area contributed by atoms with Crippen molar-refractivity contribution in [1.29, 1.82) is 0 Å². The predicted molar refractivity (Wildman–Crippen MR) is 96.4 cm³/mol. The van der Waals surface area contributed by atoms with Gasteiger partial charge in [-0.2, -0.15) is 0 Å². The Morgan fingerprint density at radius 2 is 1.80 bits per heavy atom. The van der Waals surface area contributed by atoms with Gasteiger partial charge in [-0.1, -0.05) is 49.6 Å². The van der Waals surface area contributed by atoms with Gasteiger partial charge in [-0.3, -0.25) is 4.90 Å². The van der Waals surface area contributed by atoms with Gasteiger partial charge in [0, 0.05) is 32.3 Å². The molecule has 0 radical (unpaired) electrons. The Labute approximate surface area is 150 Å². The smallest absolute Gasteiger partial charge is 0.224 e. The molecule has 1 atom stereocenters. The Kier molecular flexibility index (Phi) is 6.47. The lowest BCUT2D eigenvalue weighted by Gasteiger charge is -2.48. The van der Waals surface area contributed by atoms with Crippen LogP contribution in [0.25, 0.3) is 0 Å². The zero-order chi connectivity index (χ0) is 17.6. The van der Waals surface area contributed by atoms with Crippen molar-refractivity contribution in [3.8, 4) is 0 Å². The van der Waals surface area contributed by atoms with Crippen LogP contribution in [0.2, 0.25) is 0 Å². The molecule has 1 aliphatic carbocycles. The van der Waals surface area contributed by atoms with Gasteiger partial charge in [0.15, 0.2) is 0 Å². The van der Waals surface area contributed by atoms with Gasteiger partial charge in [-0.05, 0) is 12.8 Å². The Bertz CT molecular complexity index is 512. The molecule has 0 aromatic heterocycles. The minimum atomic E-state index is -1.11. The molecule has 1 N–H and O–H groups in total. The maximum absolute atomic E-state index is 11.5. The fourth-order valence-corrected chi connectivity index (χ4v) is 4.12. The van der Waals surface area contributed by atoms with E-state index >= 15 is 0 Å². The topological polar surface area (TPSA) is 51.2 Å². The Balaban J connectivity index is 1.78. The second kappa shape index (κ2) is 8.60. The molecule has 2 aliphatic rings. The summed E-state index contributed by atoms with van der Waals surface area (Å²) in [6.07, 6.45) is 4.56. The van der Waals surface area contributed by atoms with Crippen molar-refractivity contribution >= 4 is 0 Å². The molecule has 1 aromatic carbocycles. The standard InChI is InChI=1S/C20H31NO4/c1-23-20(18-8-4-2-5-9-18,19(22)10-6-3-7-11-19)25-17-14-21-12-15-24-16-13-21/h2,4-5,8-9,22H,3,6-7,10-17H2,1H3. The zero-order valence-corrected chi connectivity index (χ0v) is 15.3. The first-order chi connectivity index (χ1) is 12.2. The molecule has 1 unspecified atom stereocenters. The van der Waals surface area contributed by atoms with Crippen molar-refractivity contribution in [3.63, 3.8) is 0 Å². The van der Waals surface area contributed by atoms with Gasteiger partial charge in [-0.25, -0.2) is 0 Å². The lowest BCUT2D eigenvalue weighted by atomic mass is 9.75. The van der Waals surface area contributed by atoms with E-state index in [-0.39, 0.29) is 0 Å². The molecule has 0 bridgehead atoms. The highest BCUT2D eigenvalue weighted by Crippen LogP contribution is 2.46. The number of ether oxygens (including phenoxy) is 3. The third-order valence-electron chi connectivity index (χ3n) is 5.55. The average molecular weight is 349 g/mol. The molecule has 1 heterocycles. The first kappa shape index (κ1) is 18.8. The summed E-state index contributed by atoms with van der Waals surface area (Å²) in [5.41, 5.74) is -0.101. The molecule has 5 nitrogen and oxygen atoms in total. The summed E-state index contributed by atoms with van der Waals surface area (Å²) in [6, 6.07) is 9.90. The fourth-order valence-electron chi connectivity index (χ4n) is 4.12. The van der Waals surface area contributed by atoms with Gasteiger partial charge >= 0.3 is 0 Å². The normalized spacial score (nSPS) is 23.9. The van der Waals surface area contributed by atoms with E-state index in [2.05, 4.69) is 4.90 Å². The molecule has 25 heavy (non-hydrogen) atoms. The van der Waals surface area contributed by atoms with Crippen LogP contribution in [0.5, 0.6) is 0 Å². The molecule has 1 aliphatic heterocycles. The second-order valence-corrected chi connectivity index (χ2v) is 7.08. The maximum atomic E-state index is 11.5. The van der Waals surface area contributed by atoms with E-state index in [9.17, 15) is 5.11 Å². The van der Waals surface area contributed by atoms with Crippen molar-refractivity contribution in [2.45, 2.75) is 43.5 Å². The molecule has 2 fully saturated rings. The summed E-state index contributed by atoms with van der Waals surface area (Å²) in [4.78, 5) is 2.33. The molecule has 1 saturated heterocycles. The molecule has 0 amide bonds.